The molecule has 0 N–H and O–H groups in total. The van der Waals surface area contributed by atoms with Crippen molar-refractivity contribution in [1.29, 1.82) is 0 Å². The van der Waals surface area contributed by atoms with Crippen molar-refractivity contribution in [2.75, 3.05) is 5.33 Å². The number of hydrogen-bond donors (Lipinski definition) is 0. The van der Waals surface area contributed by atoms with Gasteiger partial charge in [0, 0.05) is 5.33 Å². The normalized spacial score (nSPS) is 11.9. The molecule has 0 radical (unpaired) electrons. The molecule has 0 aliphatic rings. The summed E-state index contributed by atoms with van der Waals surface area (Å²) in [5, 5.41) is 0.969. The van der Waals surface area contributed by atoms with E-state index < -0.39 is 0 Å². The molecule has 0 unspecified atom stereocenters. The topological polar surface area (TPSA) is 0 Å². The first kappa shape index (κ1) is 11.5. The fraction of sp³-hybridized carbons (Fsp3) is 0.385. The second-order valence-corrected chi connectivity index (χ2v) is 4.21. The van der Waals surface area contributed by atoms with Gasteiger partial charge in [-0.15, -0.1) is 0 Å². The molecule has 0 saturated heterocycles. The van der Waals surface area contributed by atoms with Crippen LogP contribution in [0.1, 0.15) is 30.0 Å². The summed E-state index contributed by atoms with van der Waals surface area (Å²) in [6.45, 7) is 6.49. The highest BCUT2D eigenvalue weighted by Gasteiger charge is 1.97. The van der Waals surface area contributed by atoms with Crippen molar-refractivity contribution < 1.29 is 0 Å². The Morgan fingerprint density at radius 2 is 2.07 bits per heavy atom. The molecule has 1 heteroatoms. The van der Waals surface area contributed by atoms with Crippen LogP contribution in [-0.4, -0.2) is 5.33 Å². The van der Waals surface area contributed by atoms with Gasteiger partial charge in [0.15, 0.2) is 0 Å². The molecule has 0 aliphatic heterocycles. The van der Waals surface area contributed by atoms with Crippen molar-refractivity contribution in [1.82, 2.24) is 0 Å². The zero-order valence-electron chi connectivity index (χ0n) is 9.10. The van der Waals surface area contributed by atoms with E-state index in [0.717, 1.165) is 11.8 Å². The average Bonchev–Trinajstić information content (AvgIpc) is 2.19. The second-order valence-electron chi connectivity index (χ2n) is 3.65. The van der Waals surface area contributed by atoms with Gasteiger partial charge in [0.2, 0.25) is 0 Å². The van der Waals surface area contributed by atoms with Crippen LogP contribution in [0.15, 0.2) is 23.8 Å². The average molecular weight is 253 g/mol. The van der Waals surface area contributed by atoms with Gasteiger partial charge in [-0.05, 0) is 31.4 Å². The first-order valence-electron chi connectivity index (χ1n) is 5.00. The maximum Gasteiger partial charge on any atom is 0.0245 e. The van der Waals surface area contributed by atoms with E-state index in [-0.39, 0.29) is 0 Å². The summed E-state index contributed by atoms with van der Waals surface area (Å²) in [6.07, 6.45) is 3.40. The Morgan fingerprint density at radius 3 is 2.64 bits per heavy atom. The third-order valence-electron chi connectivity index (χ3n) is 2.42. The number of alkyl halides is 1. The summed E-state index contributed by atoms with van der Waals surface area (Å²) >= 11 is 3.51. The molecule has 0 nitrogen and oxygen atoms in total. The van der Waals surface area contributed by atoms with E-state index in [1.165, 1.54) is 22.3 Å². The predicted molar refractivity (Wildman–Crippen MR) is 68.0 cm³/mol. The van der Waals surface area contributed by atoms with Crippen LogP contribution in [0.5, 0.6) is 0 Å². The molecule has 0 saturated carbocycles. The summed E-state index contributed by atoms with van der Waals surface area (Å²) in [7, 11) is 0. The van der Waals surface area contributed by atoms with Crippen LogP contribution in [-0.2, 0) is 0 Å². The third kappa shape index (κ3) is 2.98. The van der Waals surface area contributed by atoms with E-state index >= 15 is 0 Å². The molecular weight excluding hydrogens is 236 g/mol. The van der Waals surface area contributed by atoms with Crippen molar-refractivity contribution >= 4 is 22.0 Å². The maximum absolute atomic E-state index is 3.51. The van der Waals surface area contributed by atoms with E-state index in [1.54, 1.807) is 0 Å². The molecule has 0 fully saturated rings. The van der Waals surface area contributed by atoms with Crippen molar-refractivity contribution in [3.05, 3.63) is 40.5 Å². The van der Waals surface area contributed by atoms with Crippen LogP contribution < -0.4 is 0 Å². The lowest BCUT2D eigenvalue weighted by molar-refractivity contribution is 1.12. The summed E-state index contributed by atoms with van der Waals surface area (Å²) < 4.78 is 0. The first-order chi connectivity index (χ1) is 6.67. The Kier molecular flexibility index (Phi) is 4.40. The van der Waals surface area contributed by atoms with Gasteiger partial charge in [0.25, 0.3) is 0 Å². The molecule has 14 heavy (non-hydrogen) atoms. The van der Waals surface area contributed by atoms with Crippen LogP contribution in [0.2, 0.25) is 0 Å². The Morgan fingerprint density at radius 1 is 1.36 bits per heavy atom. The quantitative estimate of drug-likeness (QED) is 0.696. The van der Waals surface area contributed by atoms with Gasteiger partial charge in [-0.25, -0.2) is 0 Å². The fourth-order valence-electron chi connectivity index (χ4n) is 1.37. The van der Waals surface area contributed by atoms with Crippen molar-refractivity contribution in [2.45, 2.75) is 27.2 Å². The first-order valence-corrected chi connectivity index (χ1v) is 6.12. The third-order valence-corrected chi connectivity index (χ3v) is 3.14. The Balaban J connectivity index is 3.06. The lowest BCUT2D eigenvalue weighted by Gasteiger charge is -2.04. The van der Waals surface area contributed by atoms with Crippen LogP contribution in [0.3, 0.4) is 0 Å². The number of halogens is 1. The Labute approximate surface area is 95.2 Å². The molecule has 0 spiro atoms. The molecule has 0 bridgehead atoms. The summed E-state index contributed by atoms with van der Waals surface area (Å²) in [4.78, 5) is 0. The maximum atomic E-state index is 3.51. The Hall–Kier alpha value is -0.560. The molecule has 0 aliphatic carbocycles. The highest BCUT2D eigenvalue weighted by Crippen LogP contribution is 2.17. The van der Waals surface area contributed by atoms with Gasteiger partial charge < -0.3 is 0 Å². The highest BCUT2D eigenvalue weighted by atomic mass is 79.9. The van der Waals surface area contributed by atoms with Crippen LogP contribution >= 0.6 is 15.9 Å². The molecule has 0 amide bonds. The van der Waals surface area contributed by atoms with E-state index in [1.807, 2.05) is 0 Å². The van der Waals surface area contributed by atoms with E-state index in [2.05, 4.69) is 61.0 Å². The minimum atomic E-state index is 0.969. The number of hydrogen-bond acceptors (Lipinski definition) is 0. The minimum Gasteiger partial charge on any atom is -0.0880 e. The van der Waals surface area contributed by atoms with Gasteiger partial charge in [0.1, 0.15) is 0 Å². The molecule has 0 atom stereocenters. The number of benzene rings is 1. The zero-order chi connectivity index (χ0) is 10.6. The number of rotatable bonds is 3. The molecule has 1 rings (SSSR count). The summed E-state index contributed by atoms with van der Waals surface area (Å²) in [5.74, 6) is 0. The molecule has 76 valence electrons. The summed E-state index contributed by atoms with van der Waals surface area (Å²) in [6, 6.07) is 6.59. The predicted octanol–water partition coefficient (Wildman–Crippen LogP) is 4.49. The Bertz CT molecular complexity index is 331. The molecule has 0 heterocycles. The zero-order valence-corrected chi connectivity index (χ0v) is 10.7. The van der Waals surface area contributed by atoms with Gasteiger partial charge in [-0.1, -0.05) is 58.3 Å². The van der Waals surface area contributed by atoms with Crippen molar-refractivity contribution in [3.8, 4) is 0 Å². The van der Waals surface area contributed by atoms with Crippen LogP contribution in [0.25, 0.3) is 6.08 Å². The highest BCUT2D eigenvalue weighted by molar-refractivity contribution is 9.09. The fourth-order valence-corrected chi connectivity index (χ4v) is 1.93. The van der Waals surface area contributed by atoms with E-state index in [9.17, 15) is 0 Å². The van der Waals surface area contributed by atoms with Gasteiger partial charge in [0.05, 0.1) is 0 Å². The summed E-state index contributed by atoms with van der Waals surface area (Å²) in [5.41, 5.74) is 5.47. The van der Waals surface area contributed by atoms with Crippen LogP contribution in [0.4, 0.5) is 0 Å². The lowest BCUT2D eigenvalue weighted by atomic mass is 10.0. The molecular formula is C13H17Br. The van der Waals surface area contributed by atoms with Crippen LogP contribution in [0, 0.1) is 13.8 Å². The van der Waals surface area contributed by atoms with E-state index in [0.29, 0.717) is 0 Å². The minimum absolute atomic E-state index is 0.969. The van der Waals surface area contributed by atoms with Crippen molar-refractivity contribution in [3.63, 3.8) is 0 Å². The number of allylic oxidation sites excluding steroid dienone is 1. The number of aryl methyl sites for hydroxylation is 2. The van der Waals surface area contributed by atoms with Gasteiger partial charge in [-0.2, -0.15) is 0 Å². The monoisotopic (exact) mass is 252 g/mol. The lowest BCUT2D eigenvalue weighted by Crippen LogP contribution is -1.86. The SMILES string of the molecule is CCC(=Cc1cc(C)ccc1C)CBr. The molecule has 0 aromatic heterocycles. The molecule has 1 aromatic carbocycles. The van der Waals surface area contributed by atoms with Gasteiger partial charge in [-0.3, -0.25) is 0 Å². The van der Waals surface area contributed by atoms with Gasteiger partial charge >= 0.3 is 0 Å². The van der Waals surface area contributed by atoms with E-state index in [4.69, 9.17) is 0 Å². The largest absolute Gasteiger partial charge is 0.0880 e. The second kappa shape index (κ2) is 5.35. The standard InChI is InChI=1S/C13H17Br/c1-4-12(9-14)8-13-7-10(2)5-6-11(13)3/h5-8H,4,9H2,1-3H3. The molecule has 1 aromatic rings. The smallest absolute Gasteiger partial charge is 0.0245 e. The van der Waals surface area contributed by atoms with Crippen molar-refractivity contribution in [2.24, 2.45) is 0 Å².